The minimum atomic E-state index is 0.126. The van der Waals surface area contributed by atoms with Gasteiger partial charge in [-0.1, -0.05) is 23.7 Å². The number of nitrogens with zero attached hydrogens (tertiary/aromatic N) is 3. The molecule has 6 heteroatoms. The van der Waals surface area contributed by atoms with Crippen LogP contribution in [-0.2, 0) is 13.6 Å². The molecule has 4 rings (SSSR count). The molecule has 3 heterocycles. The van der Waals surface area contributed by atoms with Crippen LogP contribution in [0.1, 0.15) is 15.4 Å². The van der Waals surface area contributed by atoms with Gasteiger partial charge in [-0.05, 0) is 42.0 Å². The number of halogens is 1. The number of aryl methyl sites for hydroxylation is 1. The Hall–Kier alpha value is -2.08. The van der Waals surface area contributed by atoms with Crippen molar-refractivity contribution in [2.75, 3.05) is 26.2 Å². The molecule has 1 saturated heterocycles. The molecule has 0 saturated carbocycles. The third-order valence-corrected chi connectivity index (χ3v) is 6.33. The van der Waals surface area contributed by atoms with E-state index < -0.39 is 0 Å². The largest absolute Gasteiger partial charge is 0.347 e. The fraction of sp³-hybridized carbons (Fsp3) is 0.286. The zero-order chi connectivity index (χ0) is 18.8. The number of carbonyl (C=O) groups excluding carboxylic acids is 1. The molecule has 0 aliphatic carbocycles. The van der Waals surface area contributed by atoms with Crippen LogP contribution in [0.4, 0.5) is 0 Å². The fourth-order valence-electron chi connectivity index (χ4n) is 3.43. The van der Waals surface area contributed by atoms with Gasteiger partial charge in [-0.3, -0.25) is 9.69 Å². The van der Waals surface area contributed by atoms with Gasteiger partial charge in [0.1, 0.15) is 5.69 Å². The summed E-state index contributed by atoms with van der Waals surface area (Å²) in [5.74, 6) is 0.126. The van der Waals surface area contributed by atoms with Crippen molar-refractivity contribution >= 4 is 28.8 Å². The van der Waals surface area contributed by atoms with Gasteiger partial charge < -0.3 is 9.47 Å². The second-order valence-corrected chi connectivity index (χ2v) is 8.45. The Labute approximate surface area is 168 Å². The predicted molar refractivity (Wildman–Crippen MR) is 111 cm³/mol. The number of hydrogen-bond acceptors (Lipinski definition) is 3. The van der Waals surface area contributed by atoms with Gasteiger partial charge in [0.05, 0.1) is 0 Å². The van der Waals surface area contributed by atoms with Gasteiger partial charge in [-0.25, -0.2) is 0 Å². The summed E-state index contributed by atoms with van der Waals surface area (Å²) < 4.78 is 1.89. The number of rotatable bonds is 4. The van der Waals surface area contributed by atoms with E-state index in [0.29, 0.717) is 0 Å². The van der Waals surface area contributed by atoms with E-state index in [-0.39, 0.29) is 5.91 Å². The third-order valence-electron chi connectivity index (χ3n) is 4.97. The van der Waals surface area contributed by atoms with E-state index >= 15 is 0 Å². The highest BCUT2D eigenvalue weighted by Gasteiger charge is 2.23. The molecule has 3 aromatic rings. The first-order chi connectivity index (χ1) is 13.1. The second kappa shape index (κ2) is 7.89. The predicted octanol–water partition coefficient (Wildman–Crippen LogP) is 4.37. The maximum atomic E-state index is 12.6. The topological polar surface area (TPSA) is 28.5 Å². The Balaban J connectivity index is 1.35. The van der Waals surface area contributed by atoms with E-state index in [4.69, 9.17) is 11.6 Å². The minimum Gasteiger partial charge on any atom is -0.347 e. The van der Waals surface area contributed by atoms with Gasteiger partial charge in [0.25, 0.3) is 5.91 Å². The Kier molecular flexibility index (Phi) is 5.34. The van der Waals surface area contributed by atoms with Gasteiger partial charge in [-0.15, -0.1) is 11.3 Å². The maximum absolute atomic E-state index is 12.6. The molecular weight excluding hydrogens is 378 g/mol. The molecule has 0 atom stereocenters. The van der Waals surface area contributed by atoms with Crippen LogP contribution in [0, 0.1) is 0 Å². The van der Waals surface area contributed by atoms with Crippen molar-refractivity contribution in [3.8, 4) is 10.4 Å². The van der Waals surface area contributed by atoms with Gasteiger partial charge >= 0.3 is 0 Å². The van der Waals surface area contributed by atoms with Crippen molar-refractivity contribution in [3.63, 3.8) is 0 Å². The van der Waals surface area contributed by atoms with Crippen LogP contribution < -0.4 is 0 Å². The molecule has 140 valence electrons. The minimum absolute atomic E-state index is 0.126. The van der Waals surface area contributed by atoms with E-state index in [1.165, 1.54) is 9.75 Å². The highest BCUT2D eigenvalue weighted by atomic mass is 35.5. The second-order valence-electron chi connectivity index (χ2n) is 6.85. The number of thiophene rings is 1. The van der Waals surface area contributed by atoms with Gasteiger partial charge in [0.15, 0.2) is 0 Å². The van der Waals surface area contributed by atoms with Gasteiger partial charge in [0, 0.05) is 60.7 Å². The molecule has 2 aromatic heterocycles. The number of hydrogen-bond donors (Lipinski definition) is 0. The first-order valence-electron chi connectivity index (χ1n) is 9.08. The standard InChI is InChI=1S/C21H22ClN3OS/c1-23-9-3-6-19(23)21(26)25-12-10-24(11-13-25)15-18-7-8-20(27-18)16-4-2-5-17(22)14-16/h2-9,14H,10-13,15H2,1H3. The monoisotopic (exact) mass is 399 g/mol. The van der Waals surface area contributed by atoms with Gasteiger partial charge in [0.2, 0.25) is 0 Å². The number of aromatic nitrogens is 1. The molecule has 1 fully saturated rings. The summed E-state index contributed by atoms with van der Waals surface area (Å²) in [6, 6.07) is 16.1. The average Bonchev–Trinajstić information content (AvgIpc) is 3.31. The lowest BCUT2D eigenvalue weighted by Gasteiger charge is -2.34. The Morgan fingerprint density at radius 3 is 2.59 bits per heavy atom. The van der Waals surface area contributed by atoms with Crippen molar-refractivity contribution < 1.29 is 4.79 Å². The Bertz CT molecular complexity index is 940. The molecule has 1 amide bonds. The molecule has 1 aliphatic heterocycles. The van der Waals surface area contributed by atoms with Crippen LogP contribution in [-0.4, -0.2) is 46.5 Å². The molecule has 0 spiro atoms. The highest BCUT2D eigenvalue weighted by Crippen LogP contribution is 2.30. The molecule has 0 unspecified atom stereocenters. The zero-order valence-electron chi connectivity index (χ0n) is 15.3. The lowest BCUT2D eigenvalue weighted by Crippen LogP contribution is -2.48. The SMILES string of the molecule is Cn1cccc1C(=O)N1CCN(Cc2ccc(-c3cccc(Cl)c3)s2)CC1. The van der Waals surface area contributed by atoms with E-state index in [2.05, 4.69) is 23.1 Å². The summed E-state index contributed by atoms with van der Waals surface area (Å²) in [6.45, 7) is 4.28. The zero-order valence-corrected chi connectivity index (χ0v) is 16.8. The van der Waals surface area contributed by atoms with Crippen molar-refractivity contribution in [3.05, 3.63) is 70.3 Å². The molecule has 27 heavy (non-hydrogen) atoms. The Morgan fingerprint density at radius 1 is 1.07 bits per heavy atom. The van der Waals surface area contributed by atoms with Crippen LogP contribution in [0.25, 0.3) is 10.4 Å². The molecule has 1 aliphatic rings. The maximum Gasteiger partial charge on any atom is 0.270 e. The number of carbonyl (C=O) groups is 1. The van der Waals surface area contributed by atoms with Crippen molar-refractivity contribution in [2.45, 2.75) is 6.54 Å². The van der Waals surface area contributed by atoms with E-state index in [0.717, 1.165) is 49.0 Å². The number of piperazine rings is 1. The van der Waals surface area contributed by atoms with Crippen molar-refractivity contribution in [1.29, 1.82) is 0 Å². The van der Waals surface area contributed by atoms with Crippen LogP contribution in [0.2, 0.25) is 5.02 Å². The van der Waals surface area contributed by atoms with Crippen LogP contribution in [0.3, 0.4) is 0 Å². The lowest BCUT2D eigenvalue weighted by atomic mass is 10.2. The molecule has 0 N–H and O–H groups in total. The first-order valence-corrected chi connectivity index (χ1v) is 10.3. The van der Waals surface area contributed by atoms with E-state index in [1.807, 2.05) is 64.4 Å². The summed E-state index contributed by atoms with van der Waals surface area (Å²) in [6.07, 6.45) is 1.91. The van der Waals surface area contributed by atoms with Crippen LogP contribution in [0.15, 0.2) is 54.7 Å². The lowest BCUT2D eigenvalue weighted by molar-refractivity contribution is 0.0620. The van der Waals surface area contributed by atoms with Crippen molar-refractivity contribution in [2.24, 2.45) is 7.05 Å². The van der Waals surface area contributed by atoms with Crippen LogP contribution >= 0.6 is 22.9 Å². The Morgan fingerprint density at radius 2 is 1.89 bits per heavy atom. The number of benzene rings is 1. The molecule has 0 radical (unpaired) electrons. The molecule has 0 bridgehead atoms. The highest BCUT2D eigenvalue weighted by molar-refractivity contribution is 7.15. The molecule has 1 aromatic carbocycles. The van der Waals surface area contributed by atoms with E-state index in [1.54, 1.807) is 0 Å². The summed E-state index contributed by atoms with van der Waals surface area (Å²) in [7, 11) is 1.91. The van der Waals surface area contributed by atoms with E-state index in [9.17, 15) is 4.79 Å². The number of amides is 1. The fourth-order valence-corrected chi connectivity index (χ4v) is 4.67. The summed E-state index contributed by atoms with van der Waals surface area (Å²) >= 11 is 7.92. The first kappa shape index (κ1) is 18.3. The molecule has 4 nitrogen and oxygen atoms in total. The summed E-state index contributed by atoms with van der Waals surface area (Å²) in [5.41, 5.74) is 1.92. The normalized spacial score (nSPS) is 15.3. The summed E-state index contributed by atoms with van der Waals surface area (Å²) in [4.78, 5) is 19.6. The third kappa shape index (κ3) is 4.10. The van der Waals surface area contributed by atoms with Crippen molar-refractivity contribution in [1.82, 2.24) is 14.4 Å². The van der Waals surface area contributed by atoms with Gasteiger partial charge in [-0.2, -0.15) is 0 Å². The average molecular weight is 400 g/mol. The van der Waals surface area contributed by atoms with Crippen LogP contribution in [0.5, 0.6) is 0 Å². The molecular formula is C21H22ClN3OS. The quantitative estimate of drug-likeness (QED) is 0.651. The summed E-state index contributed by atoms with van der Waals surface area (Å²) in [5, 5.41) is 0.765. The smallest absolute Gasteiger partial charge is 0.270 e.